The Morgan fingerprint density at radius 1 is 1.16 bits per heavy atom. The molecule has 0 fully saturated rings. The molecule has 2 heterocycles. The molecule has 1 N–H and O–H groups in total. The minimum atomic E-state index is -0.962. The normalized spacial score (nSPS) is 12.0. The number of carbonyl (C=O) groups is 1. The Kier molecular flexibility index (Phi) is 5.24. The highest BCUT2D eigenvalue weighted by atomic mass is 19.1. The average molecular weight is 422 g/mol. The third-order valence-electron chi connectivity index (χ3n) is 4.94. The monoisotopic (exact) mass is 422 g/mol. The minimum Gasteiger partial charge on any atom is -0.497 e. The first-order chi connectivity index (χ1) is 14.9. The molecule has 0 aliphatic carbocycles. The molecule has 0 radical (unpaired) electrons. The molecule has 158 valence electrons. The highest BCUT2D eigenvalue weighted by Gasteiger charge is 2.24. The minimum absolute atomic E-state index is 0.0831. The standard InChI is InChI=1S/C22H19FN4O4/c1-12(21(28)24-16-8-6-15(23)7-9-16)27-22(29)20-18(13(2)31-26-20)19(25-27)14-4-10-17(30-3)11-5-14/h4-12H,1-3H3,(H,24,28). The van der Waals surface area contributed by atoms with Crippen LogP contribution in [0.5, 0.6) is 5.75 Å². The van der Waals surface area contributed by atoms with Crippen LogP contribution in [0, 0.1) is 12.7 Å². The van der Waals surface area contributed by atoms with Gasteiger partial charge < -0.3 is 14.6 Å². The zero-order valence-corrected chi connectivity index (χ0v) is 17.0. The summed E-state index contributed by atoms with van der Waals surface area (Å²) in [4.78, 5) is 25.8. The number of halogens is 1. The van der Waals surface area contributed by atoms with Gasteiger partial charge in [-0.05, 0) is 62.4 Å². The third-order valence-corrected chi connectivity index (χ3v) is 4.94. The number of ether oxygens (including phenoxy) is 1. The van der Waals surface area contributed by atoms with Gasteiger partial charge in [-0.2, -0.15) is 5.10 Å². The van der Waals surface area contributed by atoms with E-state index in [-0.39, 0.29) is 5.52 Å². The lowest BCUT2D eigenvalue weighted by molar-refractivity contribution is -0.119. The maximum Gasteiger partial charge on any atom is 0.297 e. The molecule has 4 aromatic rings. The van der Waals surface area contributed by atoms with E-state index >= 15 is 0 Å². The number of nitrogens with one attached hydrogen (secondary N) is 1. The van der Waals surface area contributed by atoms with Crippen molar-refractivity contribution in [3.63, 3.8) is 0 Å². The lowest BCUT2D eigenvalue weighted by atomic mass is 10.1. The van der Waals surface area contributed by atoms with Gasteiger partial charge in [0.2, 0.25) is 5.91 Å². The number of methoxy groups -OCH3 is 1. The molecular formula is C22H19FN4O4. The number of aromatic nitrogens is 3. The largest absolute Gasteiger partial charge is 0.497 e. The summed E-state index contributed by atoms with van der Waals surface area (Å²) in [5, 5.41) is 11.5. The van der Waals surface area contributed by atoms with Crippen molar-refractivity contribution in [1.82, 2.24) is 14.9 Å². The van der Waals surface area contributed by atoms with E-state index in [2.05, 4.69) is 15.6 Å². The maximum absolute atomic E-state index is 13.1. The van der Waals surface area contributed by atoms with E-state index < -0.39 is 23.3 Å². The SMILES string of the molecule is COc1ccc(-c2nn(C(C)C(=O)Nc3ccc(F)cc3)c(=O)c3noc(C)c23)cc1. The molecule has 0 spiro atoms. The number of anilines is 1. The van der Waals surface area contributed by atoms with Crippen molar-refractivity contribution < 1.29 is 18.4 Å². The number of benzene rings is 2. The number of nitrogens with zero attached hydrogens (tertiary/aromatic N) is 3. The number of amides is 1. The summed E-state index contributed by atoms with van der Waals surface area (Å²) in [5.41, 5.74) is 1.10. The highest BCUT2D eigenvalue weighted by Crippen LogP contribution is 2.29. The van der Waals surface area contributed by atoms with Crippen molar-refractivity contribution in [2.24, 2.45) is 0 Å². The van der Waals surface area contributed by atoms with Crippen LogP contribution in [0.2, 0.25) is 0 Å². The van der Waals surface area contributed by atoms with Gasteiger partial charge in [-0.25, -0.2) is 9.07 Å². The first-order valence-corrected chi connectivity index (χ1v) is 9.48. The fraction of sp³-hybridized carbons (Fsp3) is 0.182. The van der Waals surface area contributed by atoms with Crippen LogP contribution in [-0.4, -0.2) is 28.0 Å². The fourth-order valence-electron chi connectivity index (χ4n) is 3.21. The van der Waals surface area contributed by atoms with Gasteiger partial charge in [0, 0.05) is 11.3 Å². The van der Waals surface area contributed by atoms with Gasteiger partial charge in [0.05, 0.1) is 12.5 Å². The molecule has 2 aromatic heterocycles. The van der Waals surface area contributed by atoms with E-state index in [9.17, 15) is 14.0 Å². The van der Waals surface area contributed by atoms with Crippen LogP contribution in [0.1, 0.15) is 18.7 Å². The molecule has 31 heavy (non-hydrogen) atoms. The summed E-state index contributed by atoms with van der Waals surface area (Å²) in [6.45, 7) is 3.24. The van der Waals surface area contributed by atoms with E-state index in [0.717, 1.165) is 4.68 Å². The summed E-state index contributed by atoms with van der Waals surface area (Å²) < 4.78 is 24.6. The molecular weight excluding hydrogens is 403 g/mol. The van der Waals surface area contributed by atoms with Crippen LogP contribution >= 0.6 is 0 Å². The molecule has 0 aliphatic rings. The van der Waals surface area contributed by atoms with E-state index in [4.69, 9.17) is 9.26 Å². The fourth-order valence-corrected chi connectivity index (χ4v) is 3.21. The highest BCUT2D eigenvalue weighted by molar-refractivity contribution is 5.95. The Morgan fingerprint density at radius 3 is 2.48 bits per heavy atom. The maximum atomic E-state index is 13.1. The van der Waals surface area contributed by atoms with Crippen LogP contribution in [0.4, 0.5) is 10.1 Å². The molecule has 4 rings (SSSR count). The van der Waals surface area contributed by atoms with E-state index in [1.807, 2.05) is 0 Å². The molecule has 0 saturated heterocycles. The molecule has 1 unspecified atom stereocenters. The second-order valence-electron chi connectivity index (χ2n) is 6.96. The number of aryl methyl sites for hydroxylation is 1. The van der Waals surface area contributed by atoms with Gasteiger partial charge in [-0.15, -0.1) is 0 Å². The van der Waals surface area contributed by atoms with Crippen LogP contribution in [-0.2, 0) is 4.79 Å². The predicted molar refractivity (Wildman–Crippen MR) is 113 cm³/mol. The van der Waals surface area contributed by atoms with Crippen molar-refractivity contribution in [1.29, 1.82) is 0 Å². The van der Waals surface area contributed by atoms with Gasteiger partial charge in [-0.1, -0.05) is 5.16 Å². The topological polar surface area (TPSA) is 99.2 Å². The van der Waals surface area contributed by atoms with E-state index in [0.29, 0.717) is 33.8 Å². The predicted octanol–water partition coefficient (Wildman–Crippen LogP) is 3.71. The Bertz CT molecular complexity index is 1310. The summed E-state index contributed by atoms with van der Waals surface area (Å²) in [6.07, 6.45) is 0. The van der Waals surface area contributed by atoms with Crippen LogP contribution in [0.25, 0.3) is 22.2 Å². The molecule has 8 nitrogen and oxygen atoms in total. The molecule has 0 aliphatic heterocycles. The molecule has 1 atom stereocenters. The quantitative estimate of drug-likeness (QED) is 0.526. The van der Waals surface area contributed by atoms with E-state index in [1.54, 1.807) is 45.2 Å². The lowest BCUT2D eigenvalue weighted by Crippen LogP contribution is -2.34. The van der Waals surface area contributed by atoms with Crippen molar-refractivity contribution in [3.8, 4) is 17.0 Å². The lowest BCUT2D eigenvalue weighted by Gasteiger charge is -2.16. The second-order valence-corrected chi connectivity index (χ2v) is 6.96. The zero-order valence-electron chi connectivity index (χ0n) is 17.0. The summed E-state index contributed by atoms with van der Waals surface area (Å²) in [6, 6.07) is 11.5. The van der Waals surface area contributed by atoms with Crippen LogP contribution in [0.3, 0.4) is 0 Å². The van der Waals surface area contributed by atoms with Crippen LogP contribution < -0.4 is 15.6 Å². The van der Waals surface area contributed by atoms with Crippen molar-refractivity contribution in [2.45, 2.75) is 19.9 Å². The summed E-state index contributed by atoms with van der Waals surface area (Å²) in [7, 11) is 1.57. The molecule has 2 aromatic carbocycles. The molecule has 1 amide bonds. The molecule has 0 bridgehead atoms. The van der Waals surface area contributed by atoms with Gasteiger partial charge in [-0.3, -0.25) is 9.59 Å². The smallest absolute Gasteiger partial charge is 0.297 e. The summed E-state index contributed by atoms with van der Waals surface area (Å²) in [5.74, 6) is 0.213. The molecule has 9 heteroatoms. The van der Waals surface area contributed by atoms with Gasteiger partial charge in [0.15, 0.2) is 5.52 Å². The van der Waals surface area contributed by atoms with Gasteiger partial charge >= 0.3 is 0 Å². The van der Waals surface area contributed by atoms with Crippen molar-refractivity contribution in [2.75, 3.05) is 12.4 Å². The number of carbonyl (C=O) groups excluding carboxylic acids is 1. The Balaban J connectivity index is 1.78. The Labute approximate surface area is 176 Å². The van der Waals surface area contributed by atoms with Crippen molar-refractivity contribution in [3.05, 3.63) is 70.5 Å². The first kappa shape index (κ1) is 20.3. The number of hydrogen-bond donors (Lipinski definition) is 1. The number of hydrogen-bond acceptors (Lipinski definition) is 6. The van der Waals surface area contributed by atoms with Gasteiger partial charge in [0.1, 0.15) is 29.1 Å². The Hall–Kier alpha value is -4.01. The summed E-state index contributed by atoms with van der Waals surface area (Å²) >= 11 is 0. The second kappa shape index (κ2) is 8.02. The van der Waals surface area contributed by atoms with Crippen molar-refractivity contribution >= 4 is 22.5 Å². The van der Waals surface area contributed by atoms with E-state index in [1.165, 1.54) is 24.3 Å². The average Bonchev–Trinajstić information content (AvgIpc) is 3.17. The third kappa shape index (κ3) is 3.77. The zero-order chi connectivity index (χ0) is 22.1. The Morgan fingerprint density at radius 2 is 1.84 bits per heavy atom. The first-order valence-electron chi connectivity index (χ1n) is 9.48. The molecule has 0 saturated carbocycles. The van der Waals surface area contributed by atoms with Gasteiger partial charge in [0.25, 0.3) is 5.56 Å². The number of fused-ring (bicyclic) bond motifs is 1. The number of rotatable bonds is 5. The van der Waals surface area contributed by atoms with Crippen LogP contribution in [0.15, 0.2) is 57.8 Å².